The maximum atomic E-state index is 11.6. The molecular weight excluding hydrogens is 230 g/mol. The van der Waals surface area contributed by atoms with Crippen molar-refractivity contribution in [2.75, 3.05) is 5.32 Å². The van der Waals surface area contributed by atoms with E-state index in [-0.39, 0.29) is 11.6 Å². The smallest absolute Gasteiger partial charge is 0.278 e. The van der Waals surface area contributed by atoms with Crippen molar-refractivity contribution >= 4 is 23.3 Å². The number of hydrogen-bond acceptors (Lipinski definition) is 4. The Kier molecular flexibility index (Phi) is 2.82. The second-order valence-electron chi connectivity index (χ2n) is 3.08. The second kappa shape index (κ2) is 4.28. The number of rotatable bonds is 2. The summed E-state index contributed by atoms with van der Waals surface area (Å²) >= 11 is 5.68. The number of hydrogen-bond donors (Lipinski definition) is 1. The molecule has 0 atom stereocenters. The van der Waals surface area contributed by atoms with Gasteiger partial charge in [-0.05, 0) is 12.1 Å². The number of aromatic nitrogens is 4. The third-order valence-corrected chi connectivity index (χ3v) is 2.00. The highest BCUT2D eigenvalue weighted by Crippen LogP contribution is 2.09. The van der Waals surface area contributed by atoms with Crippen molar-refractivity contribution in [3.63, 3.8) is 0 Å². The van der Waals surface area contributed by atoms with E-state index in [0.29, 0.717) is 11.0 Å². The summed E-state index contributed by atoms with van der Waals surface area (Å²) in [5.41, 5.74) is 0.226. The van der Waals surface area contributed by atoms with Gasteiger partial charge in [0.1, 0.15) is 11.0 Å². The lowest BCUT2D eigenvalue weighted by molar-refractivity contribution is 0.102. The molecule has 0 spiro atoms. The van der Waals surface area contributed by atoms with E-state index < -0.39 is 0 Å². The Hall–Kier alpha value is -1.95. The maximum absolute atomic E-state index is 11.6. The van der Waals surface area contributed by atoms with E-state index in [1.165, 1.54) is 10.9 Å². The molecule has 6 nitrogen and oxygen atoms in total. The molecule has 0 aromatic carbocycles. The Morgan fingerprint density at radius 3 is 2.94 bits per heavy atom. The van der Waals surface area contributed by atoms with Crippen molar-refractivity contribution in [1.82, 2.24) is 20.0 Å². The Bertz CT molecular complexity index is 524. The number of carbonyl (C=O) groups excluding carboxylic acids is 1. The van der Waals surface area contributed by atoms with Gasteiger partial charge in [-0.25, -0.2) is 4.98 Å². The minimum Gasteiger partial charge on any atom is -0.305 e. The zero-order valence-electron chi connectivity index (χ0n) is 8.38. The largest absolute Gasteiger partial charge is 0.305 e. The first-order valence-corrected chi connectivity index (χ1v) is 4.83. The number of nitrogens with zero attached hydrogens (tertiary/aromatic N) is 4. The van der Waals surface area contributed by atoms with Crippen LogP contribution in [0.2, 0.25) is 5.15 Å². The second-order valence-corrected chi connectivity index (χ2v) is 3.46. The Morgan fingerprint density at radius 2 is 2.31 bits per heavy atom. The normalized spacial score (nSPS) is 10.1. The summed E-state index contributed by atoms with van der Waals surface area (Å²) in [6.45, 7) is 0. The average Bonchev–Trinajstić information content (AvgIpc) is 2.65. The van der Waals surface area contributed by atoms with E-state index in [2.05, 4.69) is 20.6 Å². The molecule has 0 aliphatic carbocycles. The Labute approximate surface area is 96.2 Å². The van der Waals surface area contributed by atoms with Gasteiger partial charge in [0.05, 0.1) is 6.20 Å². The van der Waals surface area contributed by atoms with E-state index in [4.69, 9.17) is 11.6 Å². The van der Waals surface area contributed by atoms with Crippen LogP contribution in [0.5, 0.6) is 0 Å². The summed E-state index contributed by atoms with van der Waals surface area (Å²) in [4.78, 5) is 15.6. The summed E-state index contributed by atoms with van der Waals surface area (Å²) in [6, 6.07) is 4.96. The van der Waals surface area contributed by atoms with E-state index in [9.17, 15) is 4.79 Å². The van der Waals surface area contributed by atoms with Crippen LogP contribution in [-0.4, -0.2) is 25.9 Å². The molecule has 0 saturated carbocycles. The highest BCUT2D eigenvalue weighted by atomic mass is 35.5. The van der Waals surface area contributed by atoms with Crippen molar-refractivity contribution in [3.05, 3.63) is 35.2 Å². The van der Waals surface area contributed by atoms with Crippen molar-refractivity contribution in [2.45, 2.75) is 0 Å². The molecule has 16 heavy (non-hydrogen) atoms. The van der Waals surface area contributed by atoms with Gasteiger partial charge in [0.2, 0.25) is 0 Å². The van der Waals surface area contributed by atoms with E-state index >= 15 is 0 Å². The molecule has 2 aromatic rings. The fraction of sp³-hybridized carbons (Fsp3) is 0.111. The molecule has 1 N–H and O–H groups in total. The van der Waals surface area contributed by atoms with Crippen molar-refractivity contribution in [3.8, 4) is 0 Å². The van der Waals surface area contributed by atoms with Gasteiger partial charge >= 0.3 is 0 Å². The molecule has 0 fully saturated rings. The average molecular weight is 238 g/mol. The molecule has 0 saturated heterocycles. The summed E-state index contributed by atoms with van der Waals surface area (Å²) in [7, 11) is 1.68. The van der Waals surface area contributed by atoms with Crippen LogP contribution in [0.1, 0.15) is 10.5 Å². The molecule has 0 radical (unpaired) electrons. The zero-order chi connectivity index (χ0) is 11.5. The van der Waals surface area contributed by atoms with Gasteiger partial charge in [0.25, 0.3) is 5.91 Å². The number of aryl methyl sites for hydroxylation is 1. The predicted molar refractivity (Wildman–Crippen MR) is 58.2 cm³/mol. The van der Waals surface area contributed by atoms with Crippen molar-refractivity contribution in [1.29, 1.82) is 0 Å². The minimum absolute atomic E-state index is 0.226. The van der Waals surface area contributed by atoms with Crippen LogP contribution in [0, 0.1) is 0 Å². The maximum Gasteiger partial charge on any atom is 0.278 e. The van der Waals surface area contributed by atoms with Crippen LogP contribution in [0.4, 0.5) is 5.82 Å². The summed E-state index contributed by atoms with van der Waals surface area (Å²) in [5, 5.41) is 10.2. The van der Waals surface area contributed by atoms with Crippen LogP contribution >= 0.6 is 11.6 Å². The molecule has 0 bridgehead atoms. The number of halogens is 1. The van der Waals surface area contributed by atoms with Gasteiger partial charge in [0.15, 0.2) is 5.69 Å². The third kappa shape index (κ3) is 2.34. The quantitative estimate of drug-likeness (QED) is 0.795. The molecular formula is C9H8ClN5O. The third-order valence-electron chi connectivity index (χ3n) is 1.79. The van der Waals surface area contributed by atoms with Crippen LogP contribution in [0.15, 0.2) is 24.4 Å². The summed E-state index contributed by atoms with van der Waals surface area (Å²) in [6.07, 6.45) is 1.51. The predicted octanol–water partition coefficient (Wildman–Crippen LogP) is 1.12. The highest BCUT2D eigenvalue weighted by molar-refractivity contribution is 6.29. The number of anilines is 1. The first-order chi connectivity index (χ1) is 7.65. The lowest BCUT2D eigenvalue weighted by Gasteiger charge is -2.01. The van der Waals surface area contributed by atoms with Gasteiger partial charge in [-0.1, -0.05) is 22.9 Å². The molecule has 7 heteroatoms. The Morgan fingerprint density at radius 1 is 1.50 bits per heavy atom. The summed E-state index contributed by atoms with van der Waals surface area (Å²) in [5.74, 6) is 0.00557. The van der Waals surface area contributed by atoms with E-state index in [1.807, 2.05) is 0 Å². The molecule has 0 aliphatic rings. The zero-order valence-corrected chi connectivity index (χ0v) is 9.14. The molecule has 1 amide bonds. The lowest BCUT2D eigenvalue weighted by Crippen LogP contribution is -2.13. The van der Waals surface area contributed by atoms with Crippen LogP contribution in [0.25, 0.3) is 0 Å². The highest BCUT2D eigenvalue weighted by Gasteiger charge is 2.10. The van der Waals surface area contributed by atoms with Gasteiger partial charge in [-0.3, -0.25) is 9.48 Å². The molecule has 82 valence electrons. The summed E-state index contributed by atoms with van der Waals surface area (Å²) < 4.78 is 1.44. The first kappa shape index (κ1) is 10.6. The van der Waals surface area contributed by atoms with Gasteiger partial charge in [-0.2, -0.15) is 0 Å². The van der Waals surface area contributed by atoms with E-state index in [1.54, 1.807) is 25.2 Å². The van der Waals surface area contributed by atoms with Crippen LogP contribution in [0.3, 0.4) is 0 Å². The van der Waals surface area contributed by atoms with Crippen LogP contribution in [-0.2, 0) is 7.05 Å². The minimum atomic E-state index is -0.372. The SMILES string of the molecule is Cn1cc(C(=O)Nc2cccc(Cl)n2)nn1. The van der Waals surface area contributed by atoms with Crippen molar-refractivity contribution in [2.24, 2.45) is 7.05 Å². The molecule has 0 unspecified atom stereocenters. The standard InChI is InChI=1S/C9H8ClN5O/c1-15-5-6(13-14-15)9(16)12-8-4-2-3-7(10)11-8/h2-5H,1H3,(H,11,12,16). The van der Waals surface area contributed by atoms with E-state index in [0.717, 1.165) is 0 Å². The molecule has 2 rings (SSSR count). The molecule has 2 aromatic heterocycles. The molecule has 0 aliphatic heterocycles. The fourth-order valence-corrected chi connectivity index (χ4v) is 1.27. The first-order valence-electron chi connectivity index (χ1n) is 4.45. The molecule has 2 heterocycles. The van der Waals surface area contributed by atoms with Gasteiger partial charge in [0, 0.05) is 7.05 Å². The number of pyridine rings is 1. The number of nitrogens with one attached hydrogen (secondary N) is 1. The van der Waals surface area contributed by atoms with Crippen LogP contribution < -0.4 is 5.32 Å². The number of amides is 1. The van der Waals surface area contributed by atoms with Crippen molar-refractivity contribution < 1.29 is 4.79 Å². The fourth-order valence-electron chi connectivity index (χ4n) is 1.11. The monoisotopic (exact) mass is 237 g/mol. The number of carbonyl (C=O) groups is 1. The Balaban J connectivity index is 2.13. The topological polar surface area (TPSA) is 72.7 Å². The lowest BCUT2D eigenvalue weighted by atomic mass is 10.4. The van der Waals surface area contributed by atoms with Gasteiger partial charge < -0.3 is 5.32 Å². The van der Waals surface area contributed by atoms with Gasteiger partial charge in [-0.15, -0.1) is 5.10 Å².